The highest BCUT2D eigenvalue weighted by Crippen LogP contribution is 2.21. The molecule has 74 valence electrons. The number of methoxy groups -OCH3 is 1. The largest absolute Gasteiger partial charge is 0.480 e. The predicted molar refractivity (Wildman–Crippen MR) is 54.2 cm³/mol. The van der Waals surface area contributed by atoms with E-state index in [0.717, 1.165) is 18.0 Å². The Morgan fingerprint density at radius 3 is 2.64 bits per heavy atom. The van der Waals surface area contributed by atoms with Crippen molar-refractivity contribution < 1.29 is 4.74 Å². The van der Waals surface area contributed by atoms with Crippen LogP contribution in [0.15, 0.2) is 24.5 Å². The maximum absolute atomic E-state index is 4.95. The first-order valence-corrected chi connectivity index (χ1v) is 4.88. The van der Waals surface area contributed by atoms with E-state index < -0.39 is 0 Å². The van der Waals surface area contributed by atoms with Crippen molar-refractivity contribution >= 4 is 0 Å². The second kappa shape index (κ2) is 4.22. The minimum atomic E-state index is 0.582. The van der Waals surface area contributed by atoms with Crippen LogP contribution in [0.1, 0.15) is 18.5 Å². The fraction of sp³-hybridized carbons (Fsp3) is 0.455. The van der Waals surface area contributed by atoms with Crippen molar-refractivity contribution in [2.24, 2.45) is 5.92 Å². The molecule has 0 aromatic carbocycles. The van der Waals surface area contributed by atoms with Gasteiger partial charge in [-0.1, -0.05) is 12.2 Å². The van der Waals surface area contributed by atoms with Gasteiger partial charge in [-0.2, -0.15) is 0 Å². The summed E-state index contributed by atoms with van der Waals surface area (Å²) in [6.45, 7) is 0. The van der Waals surface area contributed by atoms with Gasteiger partial charge in [0.1, 0.15) is 0 Å². The molecular weight excluding hydrogens is 176 g/mol. The van der Waals surface area contributed by atoms with Crippen molar-refractivity contribution in [1.29, 1.82) is 0 Å². The summed E-state index contributed by atoms with van der Waals surface area (Å²) in [6, 6.07) is 0. The van der Waals surface area contributed by atoms with Crippen molar-refractivity contribution in [1.82, 2.24) is 9.97 Å². The second-order valence-electron chi connectivity index (χ2n) is 3.56. The molecule has 0 spiro atoms. The summed E-state index contributed by atoms with van der Waals surface area (Å²) in [7, 11) is 1.60. The van der Waals surface area contributed by atoms with Crippen molar-refractivity contribution in [2.45, 2.75) is 19.3 Å². The highest BCUT2D eigenvalue weighted by atomic mass is 16.5. The lowest BCUT2D eigenvalue weighted by Crippen LogP contribution is -2.02. The van der Waals surface area contributed by atoms with Crippen molar-refractivity contribution in [3.8, 4) is 5.88 Å². The van der Waals surface area contributed by atoms with E-state index >= 15 is 0 Å². The fourth-order valence-corrected chi connectivity index (χ4v) is 1.69. The maximum Gasteiger partial charge on any atom is 0.231 e. The van der Waals surface area contributed by atoms with Crippen molar-refractivity contribution in [3.63, 3.8) is 0 Å². The molecule has 0 saturated carbocycles. The molecule has 0 unspecified atom stereocenters. The summed E-state index contributed by atoms with van der Waals surface area (Å²) < 4.78 is 4.95. The highest BCUT2D eigenvalue weighted by Gasteiger charge is 2.11. The van der Waals surface area contributed by atoms with Gasteiger partial charge in [-0.25, -0.2) is 4.98 Å². The topological polar surface area (TPSA) is 35.0 Å². The van der Waals surface area contributed by atoms with Gasteiger partial charge in [0.25, 0.3) is 0 Å². The molecule has 1 aromatic rings. The molecule has 0 saturated heterocycles. The van der Waals surface area contributed by atoms with Crippen LogP contribution in [-0.4, -0.2) is 17.1 Å². The van der Waals surface area contributed by atoms with Crippen LogP contribution in [0.25, 0.3) is 0 Å². The number of rotatable bonds is 3. The summed E-state index contributed by atoms with van der Waals surface area (Å²) in [5.41, 5.74) is 1.06. The molecule has 1 heterocycles. The van der Waals surface area contributed by atoms with Crippen molar-refractivity contribution in [2.75, 3.05) is 7.11 Å². The van der Waals surface area contributed by atoms with Crippen LogP contribution in [0.4, 0.5) is 0 Å². The zero-order valence-corrected chi connectivity index (χ0v) is 8.31. The summed E-state index contributed by atoms with van der Waals surface area (Å²) in [6.07, 6.45) is 11.3. The second-order valence-corrected chi connectivity index (χ2v) is 3.56. The van der Waals surface area contributed by atoms with Crippen LogP contribution < -0.4 is 4.74 Å². The van der Waals surface area contributed by atoms with E-state index in [4.69, 9.17) is 4.74 Å². The van der Waals surface area contributed by atoms with Crippen LogP contribution in [0.2, 0.25) is 0 Å². The SMILES string of the molecule is COc1cnc(CC2CC=CC2)cn1. The lowest BCUT2D eigenvalue weighted by molar-refractivity contribution is 0.394. The van der Waals surface area contributed by atoms with Crippen LogP contribution in [0, 0.1) is 5.92 Å². The van der Waals surface area contributed by atoms with Crippen LogP contribution in [0.5, 0.6) is 5.88 Å². The van der Waals surface area contributed by atoms with Gasteiger partial charge in [-0.15, -0.1) is 0 Å². The molecule has 14 heavy (non-hydrogen) atoms. The molecule has 3 heteroatoms. The zero-order chi connectivity index (χ0) is 9.80. The van der Waals surface area contributed by atoms with E-state index in [-0.39, 0.29) is 0 Å². The van der Waals surface area contributed by atoms with Gasteiger partial charge < -0.3 is 4.74 Å². The first-order chi connectivity index (χ1) is 6.88. The van der Waals surface area contributed by atoms with E-state index in [1.54, 1.807) is 19.5 Å². The smallest absolute Gasteiger partial charge is 0.231 e. The van der Waals surface area contributed by atoms with Gasteiger partial charge >= 0.3 is 0 Å². The third-order valence-corrected chi connectivity index (χ3v) is 2.49. The first-order valence-electron chi connectivity index (χ1n) is 4.88. The average Bonchev–Trinajstić information content (AvgIpc) is 2.72. The van der Waals surface area contributed by atoms with Gasteiger partial charge in [0.2, 0.25) is 5.88 Å². The van der Waals surface area contributed by atoms with Crippen molar-refractivity contribution in [3.05, 3.63) is 30.2 Å². The molecule has 0 N–H and O–H groups in total. The molecule has 1 aromatic heterocycles. The molecule has 2 rings (SSSR count). The standard InChI is InChI=1S/C11H14N2O/c1-14-11-8-12-10(7-13-11)6-9-4-2-3-5-9/h2-3,7-9H,4-6H2,1H3. The molecule has 0 atom stereocenters. The number of aromatic nitrogens is 2. The van der Waals surface area contributed by atoms with Crippen LogP contribution >= 0.6 is 0 Å². The Morgan fingerprint density at radius 1 is 1.29 bits per heavy atom. The number of allylic oxidation sites excluding steroid dienone is 2. The quantitative estimate of drug-likeness (QED) is 0.684. The first kappa shape index (κ1) is 9.19. The van der Waals surface area contributed by atoms with Crippen LogP contribution in [-0.2, 0) is 6.42 Å². The Kier molecular flexibility index (Phi) is 2.77. The third-order valence-electron chi connectivity index (χ3n) is 2.49. The maximum atomic E-state index is 4.95. The Balaban J connectivity index is 1.96. The number of nitrogens with zero attached hydrogens (tertiary/aromatic N) is 2. The Morgan fingerprint density at radius 2 is 2.07 bits per heavy atom. The molecule has 0 bridgehead atoms. The monoisotopic (exact) mass is 190 g/mol. The highest BCUT2D eigenvalue weighted by molar-refractivity contribution is 5.09. The number of hydrogen-bond acceptors (Lipinski definition) is 3. The van der Waals surface area contributed by atoms with E-state index in [1.807, 2.05) is 0 Å². The average molecular weight is 190 g/mol. The number of ether oxygens (including phenoxy) is 1. The summed E-state index contributed by atoms with van der Waals surface area (Å²) in [5.74, 6) is 1.30. The summed E-state index contributed by atoms with van der Waals surface area (Å²) in [4.78, 5) is 8.43. The van der Waals surface area contributed by atoms with E-state index in [1.165, 1.54) is 12.8 Å². The van der Waals surface area contributed by atoms with Gasteiger partial charge in [0.05, 0.1) is 25.2 Å². The Bertz CT molecular complexity index is 311. The molecule has 0 fully saturated rings. The van der Waals surface area contributed by atoms with E-state index in [9.17, 15) is 0 Å². The zero-order valence-electron chi connectivity index (χ0n) is 8.31. The molecule has 0 radical (unpaired) electrons. The molecule has 0 aliphatic heterocycles. The normalized spacial score (nSPS) is 16.1. The summed E-state index contributed by atoms with van der Waals surface area (Å²) >= 11 is 0. The van der Waals surface area contributed by atoms with Gasteiger partial charge in [0.15, 0.2) is 0 Å². The fourth-order valence-electron chi connectivity index (χ4n) is 1.69. The Hall–Kier alpha value is -1.38. The minimum Gasteiger partial charge on any atom is -0.480 e. The lowest BCUT2D eigenvalue weighted by atomic mass is 10.0. The Labute approximate surface area is 83.8 Å². The van der Waals surface area contributed by atoms with Gasteiger partial charge in [-0.05, 0) is 25.2 Å². The lowest BCUT2D eigenvalue weighted by Gasteiger charge is -2.07. The third kappa shape index (κ3) is 2.10. The number of hydrogen-bond donors (Lipinski definition) is 0. The molecule has 1 aliphatic carbocycles. The molecule has 1 aliphatic rings. The molecule has 0 amide bonds. The minimum absolute atomic E-state index is 0.582. The molecule has 3 nitrogen and oxygen atoms in total. The van der Waals surface area contributed by atoms with Gasteiger partial charge in [0, 0.05) is 0 Å². The van der Waals surface area contributed by atoms with Gasteiger partial charge in [-0.3, -0.25) is 4.98 Å². The predicted octanol–water partition coefficient (Wildman–Crippen LogP) is 1.99. The van der Waals surface area contributed by atoms with E-state index in [0.29, 0.717) is 5.88 Å². The van der Waals surface area contributed by atoms with Crippen LogP contribution in [0.3, 0.4) is 0 Å². The van der Waals surface area contributed by atoms with E-state index in [2.05, 4.69) is 22.1 Å². The summed E-state index contributed by atoms with van der Waals surface area (Å²) in [5, 5.41) is 0. The molecular formula is C11H14N2O.